The summed E-state index contributed by atoms with van der Waals surface area (Å²) in [6.07, 6.45) is 8.46. The van der Waals surface area contributed by atoms with E-state index in [1.807, 2.05) is 42.5 Å². The number of piperidine rings is 2. The van der Waals surface area contributed by atoms with Crippen LogP contribution in [0.15, 0.2) is 48.7 Å². The number of fused-ring (bicyclic) bond motifs is 1. The molecule has 0 bridgehead atoms. The number of halogens is 1. The van der Waals surface area contributed by atoms with Gasteiger partial charge >= 0.3 is 6.09 Å². The lowest BCUT2D eigenvalue weighted by Gasteiger charge is -2.26. The van der Waals surface area contributed by atoms with E-state index >= 15 is 0 Å². The molecule has 2 saturated heterocycles. The van der Waals surface area contributed by atoms with Crippen LogP contribution in [-0.2, 0) is 16.1 Å². The number of amides is 2. The maximum Gasteiger partial charge on any atom is 0.407 e. The Balaban J connectivity index is 1.26. The SMILES string of the molecule is O=C(CN1CCCCC1)Nc1cc(COC(=O)NCCN2CCCCC2)cc(Nc2ccnc3cc(Cl)ccc23)c1. The first kappa shape index (κ1) is 29.1. The van der Waals surface area contributed by atoms with Crippen molar-refractivity contribution < 1.29 is 14.3 Å². The van der Waals surface area contributed by atoms with Gasteiger partial charge in [0.15, 0.2) is 0 Å². The van der Waals surface area contributed by atoms with E-state index in [9.17, 15) is 9.59 Å². The summed E-state index contributed by atoms with van der Waals surface area (Å²) in [5.74, 6) is -0.0598. The number of pyridine rings is 1. The predicted molar refractivity (Wildman–Crippen MR) is 164 cm³/mol. The van der Waals surface area contributed by atoms with Gasteiger partial charge in [-0.1, -0.05) is 24.4 Å². The van der Waals surface area contributed by atoms with Crippen LogP contribution < -0.4 is 16.0 Å². The highest BCUT2D eigenvalue weighted by Crippen LogP contribution is 2.29. The number of alkyl carbamates (subject to hydrolysis) is 1. The van der Waals surface area contributed by atoms with Crippen molar-refractivity contribution in [2.24, 2.45) is 0 Å². The van der Waals surface area contributed by atoms with Gasteiger partial charge < -0.3 is 25.6 Å². The maximum absolute atomic E-state index is 12.9. The van der Waals surface area contributed by atoms with Crippen molar-refractivity contribution in [1.82, 2.24) is 20.1 Å². The van der Waals surface area contributed by atoms with E-state index in [-0.39, 0.29) is 12.5 Å². The number of nitrogens with zero attached hydrogens (tertiary/aromatic N) is 3. The molecule has 0 unspecified atom stereocenters. The van der Waals surface area contributed by atoms with E-state index < -0.39 is 6.09 Å². The number of benzene rings is 2. The van der Waals surface area contributed by atoms with Crippen molar-refractivity contribution in [3.63, 3.8) is 0 Å². The molecule has 3 N–H and O–H groups in total. The van der Waals surface area contributed by atoms with Gasteiger partial charge in [0, 0.05) is 46.8 Å². The average Bonchev–Trinajstić information content (AvgIpc) is 2.97. The van der Waals surface area contributed by atoms with Gasteiger partial charge in [-0.15, -0.1) is 0 Å². The third kappa shape index (κ3) is 8.79. The van der Waals surface area contributed by atoms with Gasteiger partial charge in [0.25, 0.3) is 0 Å². The van der Waals surface area contributed by atoms with Crippen LogP contribution in [0.1, 0.15) is 44.1 Å². The van der Waals surface area contributed by atoms with Crippen LogP contribution in [0.3, 0.4) is 0 Å². The first-order valence-electron chi connectivity index (χ1n) is 14.6. The molecule has 3 aromatic rings. The summed E-state index contributed by atoms with van der Waals surface area (Å²) in [7, 11) is 0. The predicted octanol–water partition coefficient (Wildman–Crippen LogP) is 5.77. The molecule has 2 amide bonds. The molecule has 41 heavy (non-hydrogen) atoms. The molecule has 0 atom stereocenters. The molecule has 2 aromatic carbocycles. The first-order chi connectivity index (χ1) is 20.0. The highest BCUT2D eigenvalue weighted by Gasteiger charge is 2.15. The lowest BCUT2D eigenvalue weighted by atomic mass is 10.1. The van der Waals surface area contributed by atoms with Gasteiger partial charge in [-0.2, -0.15) is 0 Å². The van der Waals surface area contributed by atoms with Crippen molar-refractivity contribution in [3.05, 3.63) is 59.2 Å². The summed E-state index contributed by atoms with van der Waals surface area (Å²) in [6, 6.07) is 13.1. The van der Waals surface area contributed by atoms with E-state index in [2.05, 4.69) is 30.7 Å². The molecule has 2 aliphatic heterocycles. The second-order valence-electron chi connectivity index (χ2n) is 10.9. The molecule has 0 aliphatic carbocycles. The number of nitrogens with one attached hydrogen (secondary N) is 3. The number of anilines is 3. The van der Waals surface area contributed by atoms with E-state index in [0.29, 0.717) is 23.8 Å². The Kier molecular flexibility index (Phi) is 10.3. The minimum atomic E-state index is -0.451. The molecule has 3 heterocycles. The van der Waals surface area contributed by atoms with E-state index in [4.69, 9.17) is 16.3 Å². The molecular formula is C31H39ClN6O3. The molecular weight excluding hydrogens is 540 g/mol. The van der Waals surface area contributed by atoms with Crippen LogP contribution >= 0.6 is 11.6 Å². The Labute approximate surface area is 246 Å². The van der Waals surface area contributed by atoms with Crippen molar-refractivity contribution in [2.75, 3.05) is 56.4 Å². The minimum absolute atomic E-state index is 0.0598. The lowest BCUT2D eigenvalue weighted by Crippen LogP contribution is -2.37. The van der Waals surface area contributed by atoms with Gasteiger partial charge in [0.2, 0.25) is 5.91 Å². The highest BCUT2D eigenvalue weighted by atomic mass is 35.5. The molecule has 2 aliphatic rings. The summed E-state index contributed by atoms with van der Waals surface area (Å²) in [5, 5.41) is 10.9. The summed E-state index contributed by atoms with van der Waals surface area (Å²) < 4.78 is 5.55. The number of hydrogen-bond donors (Lipinski definition) is 3. The van der Waals surface area contributed by atoms with Gasteiger partial charge in [-0.05, 0) is 99.9 Å². The molecule has 0 radical (unpaired) electrons. The van der Waals surface area contributed by atoms with E-state index in [1.54, 1.807) is 6.20 Å². The smallest absolute Gasteiger partial charge is 0.407 e. The zero-order valence-corrected chi connectivity index (χ0v) is 24.2. The number of rotatable bonds is 10. The van der Waals surface area contributed by atoms with Crippen LogP contribution in [0.25, 0.3) is 10.9 Å². The number of aromatic nitrogens is 1. The summed E-state index contributed by atoms with van der Waals surface area (Å²) in [6.45, 7) is 5.88. The third-order valence-electron chi connectivity index (χ3n) is 7.59. The molecule has 0 spiro atoms. The second-order valence-corrected chi connectivity index (χ2v) is 11.3. The molecule has 218 valence electrons. The lowest BCUT2D eigenvalue weighted by molar-refractivity contribution is -0.117. The van der Waals surface area contributed by atoms with Crippen LogP contribution in [0.5, 0.6) is 0 Å². The fraction of sp³-hybridized carbons (Fsp3) is 0.452. The van der Waals surface area contributed by atoms with Crippen LogP contribution in [0.4, 0.5) is 21.9 Å². The van der Waals surface area contributed by atoms with Crippen LogP contribution in [0, 0.1) is 0 Å². The van der Waals surface area contributed by atoms with Crippen molar-refractivity contribution in [2.45, 2.75) is 45.1 Å². The monoisotopic (exact) mass is 578 g/mol. The molecule has 5 rings (SSSR count). The summed E-state index contributed by atoms with van der Waals surface area (Å²) >= 11 is 6.17. The minimum Gasteiger partial charge on any atom is -0.445 e. The van der Waals surface area contributed by atoms with Crippen LogP contribution in [-0.4, -0.2) is 72.6 Å². The van der Waals surface area contributed by atoms with Gasteiger partial charge in [0.05, 0.1) is 12.1 Å². The third-order valence-corrected chi connectivity index (χ3v) is 7.83. The van der Waals surface area contributed by atoms with Crippen molar-refractivity contribution in [3.8, 4) is 0 Å². The van der Waals surface area contributed by atoms with Crippen molar-refractivity contribution in [1.29, 1.82) is 0 Å². The Morgan fingerprint density at radius 3 is 2.39 bits per heavy atom. The number of likely N-dealkylation sites (tertiary alicyclic amines) is 2. The fourth-order valence-corrected chi connectivity index (χ4v) is 5.69. The quantitative estimate of drug-likeness (QED) is 0.281. The molecule has 1 aromatic heterocycles. The number of hydrogen-bond acceptors (Lipinski definition) is 7. The largest absolute Gasteiger partial charge is 0.445 e. The summed E-state index contributed by atoms with van der Waals surface area (Å²) in [5.41, 5.74) is 3.79. The Morgan fingerprint density at radius 1 is 0.878 bits per heavy atom. The zero-order chi connectivity index (χ0) is 28.4. The highest BCUT2D eigenvalue weighted by molar-refractivity contribution is 6.31. The fourth-order valence-electron chi connectivity index (χ4n) is 5.53. The van der Waals surface area contributed by atoms with E-state index in [0.717, 1.165) is 73.4 Å². The van der Waals surface area contributed by atoms with Crippen molar-refractivity contribution >= 4 is 51.6 Å². The van der Waals surface area contributed by atoms with Gasteiger partial charge in [-0.25, -0.2) is 4.79 Å². The molecule has 9 nitrogen and oxygen atoms in total. The standard InChI is InChI=1S/C31H39ClN6O3/c32-24-7-8-27-28(9-10-33-29(27)19-24)35-25-17-23(22-41-31(40)34-11-16-37-12-3-1-4-13-37)18-26(20-25)36-30(39)21-38-14-5-2-6-15-38/h7-10,17-20H,1-6,11-16,21-22H2,(H,33,35)(H,34,40)(H,36,39). The molecule has 10 heteroatoms. The Hall–Kier alpha value is -3.40. The normalized spacial score (nSPS) is 16.3. The average molecular weight is 579 g/mol. The Bertz CT molecular complexity index is 1340. The second kappa shape index (κ2) is 14.5. The molecule has 0 saturated carbocycles. The van der Waals surface area contributed by atoms with Gasteiger partial charge in [-0.3, -0.25) is 14.7 Å². The number of carbonyl (C=O) groups excluding carboxylic acids is 2. The van der Waals surface area contributed by atoms with Gasteiger partial charge in [0.1, 0.15) is 6.61 Å². The summed E-state index contributed by atoms with van der Waals surface area (Å²) in [4.78, 5) is 34.3. The van der Waals surface area contributed by atoms with Crippen LogP contribution in [0.2, 0.25) is 5.02 Å². The first-order valence-corrected chi connectivity index (χ1v) is 15.0. The topological polar surface area (TPSA) is 98.8 Å². The number of carbonyl (C=O) groups is 2. The van der Waals surface area contributed by atoms with E-state index in [1.165, 1.54) is 25.7 Å². The zero-order valence-electron chi connectivity index (χ0n) is 23.5. The number of ether oxygens (including phenoxy) is 1. The Morgan fingerprint density at radius 2 is 1.61 bits per heavy atom. The maximum atomic E-state index is 12.9. The molecule has 2 fully saturated rings.